The Morgan fingerprint density at radius 2 is 1.84 bits per heavy atom. The molecule has 0 radical (unpaired) electrons. The summed E-state index contributed by atoms with van der Waals surface area (Å²) in [7, 11) is 0. The van der Waals surface area contributed by atoms with Gasteiger partial charge in [-0.2, -0.15) is 0 Å². The second-order valence-electron chi connectivity index (χ2n) is 5.06. The van der Waals surface area contributed by atoms with E-state index < -0.39 is 0 Å². The van der Waals surface area contributed by atoms with Crippen molar-refractivity contribution in [3.8, 4) is 0 Å². The van der Waals surface area contributed by atoms with Crippen molar-refractivity contribution >= 4 is 0 Å². The Morgan fingerprint density at radius 3 is 2.26 bits per heavy atom. The van der Waals surface area contributed by atoms with E-state index in [0.717, 1.165) is 31.5 Å². The number of hydrogen-bond acceptors (Lipinski definition) is 3. The Balaban J connectivity index is 2.91. The summed E-state index contributed by atoms with van der Waals surface area (Å²) in [6.07, 6.45) is 5.87. The molecule has 0 aromatic carbocycles. The lowest BCUT2D eigenvalue weighted by molar-refractivity contribution is -0.0341. The van der Waals surface area contributed by atoms with Crippen LogP contribution in [-0.4, -0.2) is 39.7 Å². The van der Waals surface area contributed by atoms with Gasteiger partial charge < -0.3 is 5.11 Å². The second-order valence-corrected chi connectivity index (χ2v) is 5.06. The van der Waals surface area contributed by atoms with Gasteiger partial charge in [0.1, 0.15) is 0 Å². The fraction of sp³-hybridized carbons (Fsp3) is 0.688. The summed E-state index contributed by atoms with van der Waals surface area (Å²) in [6.45, 7) is 10.6. The summed E-state index contributed by atoms with van der Waals surface area (Å²) in [5, 5.41) is 10.8. The first kappa shape index (κ1) is 16.1. The smallest absolute Gasteiger partial charge is 0.0764 e. The van der Waals surface area contributed by atoms with Gasteiger partial charge in [-0.25, -0.2) is 0 Å². The molecule has 0 fully saturated rings. The molecule has 0 bridgehead atoms. The second kappa shape index (κ2) is 7.61. The van der Waals surface area contributed by atoms with Crippen LogP contribution in [-0.2, 0) is 6.42 Å². The van der Waals surface area contributed by atoms with E-state index >= 15 is 0 Å². The van der Waals surface area contributed by atoms with Gasteiger partial charge in [0.15, 0.2) is 0 Å². The summed E-state index contributed by atoms with van der Waals surface area (Å²) in [5.41, 5.74) is 0.979. The van der Waals surface area contributed by atoms with E-state index in [4.69, 9.17) is 0 Å². The minimum Gasteiger partial charge on any atom is -0.391 e. The maximum Gasteiger partial charge on any atom is 0.0764 e. The quantitative estimate of drug-likeness (QED) is 0.784. The van der Waals surface area contributed by atoms with Gasteiger partial charge in [0.05, 0.1) is 6.10 Å². The highest BCUT2D eigenvalue weighted by Crippen LogP contribution is 2.29. The third-order valence-electron chi connectivity index (χ3n) is 4.39. The van der Waals surface area contributed by atoms with Crippen molar-refractivity contribution in [2.45, 2.75) is 58.6 Å². The normalized spacial score (nSPS) is 13.8. The third-order valence-corrected chi connectivity index (χ3v) is 4.39. The van der Waals surface area contributed by atoms with Gasteiger partial charge in [-0.05, 0) is 37.6 Å². The zero-order valence-corrected chi connectivity index (χ0v) is 12.8. The molecule has 1 unspecified atom stereocenters. The van der Waals surface area contributed by atoms with Crippen molar-refractivity contribution in [2.24, 2.45) is 0 Å². The summed E-state index contributed by atoms with van der Waals surface area (Å²) in [5.74, 6) is 0. The highest BCUT2D eigenvalue weighted by atomic mass is 16.3. The average Bonchev–Trinajstić information content (AvgIpc) is 2.45. The Labute approximate surface area is 117 Å². The van der Waals surface area contributed by atoms with Crippen molar-refractivity contribution in [1.82, 2.24) is 9.88 Å². The van der Waals surface area contributed by atoms with Gasteiger partial charge in [0.2, 0.25) is 0 Å². The van der Waals surface area contributed by atoms with Crippen LogP contribution in [0.2, 0.25) is 0 Å². The van der Waals surface area contributed by atoms with Gasteiger partial charge in [-0.1, -0.05) is 33.8 Å². The van der Waals surface area contributed by atoms with Crippen molar-refractivity contribution in [3.05, 3.63) is 30.1 Å². The molecule has 0 aliphatic rings. The number of nitrogens with zero attached hydrogens (tertiary/aromatic N) is 2. The van der Waals surface area contributed by atoms with E-state index in [2.05, 4.69) is 37.6 Å². The van der Waals surface area contributed by atoms with Crippen LogP contribution in [0.5, 0.6) is 0 Å². The van der Waals surface area contributed by atoms with E-state index in [0.29, 0.717) is 6.42 Å². The van der Waals surface area contributed by atoms with Gasteiger partial charge in [0, 0.05) is 24.4 Å². The van der Waals surface area contributed by atoms with Crippen molar-refractivity contribution in [2.75, 3.05) is 13.1 Å². The molecule has 0 spiro atoms. The Hall–Kier alpha value is -0.930. The first-order chi connectivity index (χ1) is 9.14. The van der Waals surface area contributed by atoms with E-state index in [9.17, 15) is 5.11 Å². The van der Waals surface area contributed by atoms with E-state index in [1.54, 1.807) is 6.20 Å². The first-order valence-corrected chi connectivity index (χ1v) is 7.46. The van der Waals surface area contributed by atoms with E-state index in [1.807, 2.05) is 18.3 Å². The Kier molecular flexibility index (Phi) is 6.46. The lowest BCUT2D eigenvalue weighted by atomic mass is 9.81. The van der Waals surface area contributed by atoms with Crippen LogP contribution in [0, 0.1) is 0 Å². The van der Waals surface area contributed by atoms with Gasteiger partial charge >= 0.3 is 0 Å². The van der Waals surface area contributed by atoms with Crippen LogP contribution in [0.15, 0.2) is 24.5 Å². The minimum atomic E-state index is -0.355. The Morgan fingerprint density at radius 1 is 1.21 bits per heavy atom. The molecule has 1 aromatic heterocycles. The minimum absolute atomic E-state index is 0.126. The number of aliphatic hydroxyl groups excluding tert-OH is 1. The monoisotopic (exact) mass is 264 g/mol. The predicted octanol–water partition coefficient (Wildman–Crippen LogP) is 2.89. The highest BCUT2D eigenvalue weighted by Gasteiger charge is 2.38. The van der Waals surface area contributed by atoms with Crippen LogP contribution in [0.1, 0.15) is 46.1 Å². The zero-order valence-electron chi connectivity index (χ0n) is 12.8. The molecule has 1 atom stereocenters. The molecule has 0 aliphatic heterocycles. The van der Waals surface area contributed by atoms with Crippen molar-refractivity contribution < 1.29 is 5.11 Å². The molecule has 1 heterocycles. The van der Waals surface area contributed by atoms with Crippen LogP contribution in [0.3, 0.4) is 0 Å². The SMILES string of the molecule is CCN(CC)C(CC)(CC)C(O)Cc1cccnc1. The van der Waals surface area contributed by atoms with Crippen LogP contribution in [0.25, 0.3) is 0 Å². The molecule has 19 heavy (non-hydrogen) atoms. The topological polar surface area (TPSA) is 36.4 Å². The first-order valence-electron chi connectivity index (χ1n) is 7.46. The number of aliphatic hydroxyl groups is 1. The standard InChI is InChI=1S/C16H28N2O/c1-5-16(6-2,18(7-3)8-4)15(19)12-14-10-9-11-17-13-14/h9-11,13,15,19H,5-8,12H2,1-4H3. The van der Waals surface area contributed by atoms with Crippen LogP contribution >= 0.6 is 0 Å². The molecule has 1 aromatic rings. The van der Waals surface area contributed by atoms with E-state index in [-0.39, 0.29) is 11.6 Å². The molecule has 0 amide bonds. The summed E-state index contributed by atoms with van der Waals surface area (Å²) < 4.78 is 0. The maximum absolute atomic E-state index is 10.8. The van der Waals surface area contributed by atoms with Gasteiger partial charge in [-0.15, -0.1) is 0 Å². The third kappa shape index (κ3) is 3.54. The number of rotatable bonds is 8. The summed E-state index contributed by atoms with van der Waals surface area (Å²) in [6, 6.07) is 3.97. The lowest BCUT2D eigenvalue weighted by Gasteiger charge is -2.46. The van der Waals surface area contributed by atoms with Crippen molar-refractivity contribution in [3.63, 3.8) is 0 Å². The average molecular weight is 264 g/mol. The Bertz CT molecular complexity index is 345. The predicted molar refractivity (Wildman–Crippen MR) is 80.2 cm³/mol. The lowest BCUT2D eigenvalue weighted by Crippen LogP contribution is -2.56. The number of hydrogen-bond donors (Lipinski definition) is 1. The fourth-order valence-corrected chi connectivity index (χ4v) is 3.16. The highest BCUT2D eigenvalue weighted by molar-refractivity contribution is 5.12. The van der Waals surface area contributed by atoms with E-state index in [1.165, 1.54) is 0 Å². The molecule has 108 valence electrons. The molecular weight excluding hydrogens is 236 g/mol. The summed E-state index contributed by atoms with van der Waals surface area (Å²) in [4.78, 5) is 6.53. The fourth-order valence-electron chi connectivity index (χ4n) is 3.16. The molecule has 3 nitrogen and oxygen atoms in total. The zero-order chi connectivity index (χ0) is 14.3. The molecule has 1 rings (SSSR count). The number of aromatic nitrogens is 1. The summed E-state index contributed by atoms with van der Waals surface area (Å²) >= 11 is 0. The molecular formula is C16H28N2O. The van der Waals surface area contributed by atoms with Gasteiger partial charge in [0.25, 0.3) is 0 Å². The number of likely N-dealkylation sites (N-methyl/N-ethyl adjacent to an activating group) is 1. The number of pyridine rings is 1. The van der Waals surface area contributed by atoms with Crippen LogP contribution in [0.4, 0.5) is 0 Å². The molecule has 0 saturated heterocycles. The van der Waals surface area contributed by atoms with Gasteiger partial charge in [-0.3, -0.25) is 9.88 Å². The molecule has 0 saturated carbocycles. The molecule has 3 heteroatoms. The molecule has 0 aliphatic carbocycles. The largest absolute Gasteiger partial charge is 0.391 e. The molecule has 1 N–H and O–H groups in total. The maximum atomic E-state index is 10.8. The van der Waals surface area contributed by atoms with Crippen molar-refractivity contribution in [1.29, 1.82) is 0 Å². The van der Waals surface area contributed by atoms with Crippen LogP contribution < -0.4 is 0 Å².